The van der Waals surface area contributed by atoms with Crippen molar-refractivity contribution in [1.82, 2.24) is 0 Å². The molecule has 0 saturated carbocycles. The molecule has 0 aliphatic carbocycles. The Labute approximate surface area is 232 Å². The molecule has 0 atom stereocenters. The molecule has 6 nitrogen and oxygen atoms in total. The standard InChI is InChI=1S/C18H16N2O.C16H12N2O/c1-12-7-9-16(13(2)11-12)19-20-18-15-6-4-3-5-14(15)8-10-17(18)21;19-15-11-10-12-6-4-5-9-14(12)16(15)18-17-13-7-2-1-3-8-13/h3-11,21H,1-2H3;1-11,19H. The van der Waals surface area contributed by atoms with Crippen molar-refractivity contribution in [3.8, 4) is 11.5 Å². The molecular formula is C34H28N4O2. The summed E-state index contributed by atoms with van der Waals surface area (Å²) < 4.78 is 0. The van der Waals surface area contributed by atoms with Crippen LogP contribution in [0.1, 0.15) is 11.1 Å². The highest BCUT2D eigenvalue weighted by molar-refractivity contribution is 5.96. The monoisotopic (exact) mass is 524 g/mol. The fraction of sp³-hybridized carbons (Fsp3) is 0.0588. The minimum Gasteiger partial charge on any atom is -0.506 e. The van der Waals surface area contributed by atoms with Crippen LogP contribution in [-0.4, -0.2) is 10.2 Å². The van der Waals surface area contributed by atoms with Gasteiger partial charge in [0.1, 0.15) is 22.9 Å². The predicted octanol–water partition coefficient (Wildman–Crippen LogP) is 10.5. The molecule has 0 unspecified atom stereocenters. The maximum absolute atomic E-state index is 10.0. The number of hydrogen-bond acceptors (Lipinski definition) is 6. The van der Waals surface area contributed by atoms with E-state index in [2.05, 4.69) is 26.5 Å². The van der Waals surface area contributed by atoms with E-state index in [1.165, 1.54) is 5.56 Å². The normalized spacial score (nSPS) is 11.2. The van der Waals surface area contributed by atoms with Gasteiger partial charge in [-0.05, 0) is 60.5 Å². The molecule has 40 heavy (non-hydrogen) atoms. The van der Waals surface area contributed by atoms with Crippen molar-refractivity contribution in [2.24, 2.45) is 20.5 Å². The predicted molar refractivity (Wildman–Crippen MR) is 162 cm³/mol. The molecule has 0 amide bonds. The maximum atomic E-state index is 10.0. The molecule has 0 radical (unpaired) electrons. The van der Waals surface area contributed by atoms with E-state index in [1.807, 2.05) is 117 Å². The number of phenols is 2. The fourth-order valence-electron chi connectivity index (χ4n) is 4.32. The van der Waals surface area contributed by atoms with Gasteiger partial charge in [0.05, 0.1) is 11.4 Å². The van der Waals surface area contributed by atoms with Gasteiger partial charge in [-0.25, -0.2) is 0 Å². The molecule has 0 aliphatic rings. The van der Waals surface area contributed by atoms with Crippen LogP contribution in [0, 0.1) is 13.8 Å². The second kappa shape index (κ2) is 12.0. The Hall–Kier alpha value is -5.36. The van der Waals surface area contributed by atoms with Gasteiger partial charge in [0, 0.05) is 10.8 Å². The van der Waals surface area contributed by atoms with Gasteiger partial charge in [-0.2, -0.15) is 10.2 Å². The van der Waals surface area contributed by atoms with E-state index >= 15 is 0 Å². The van der Waals surface area contributed by atoms with Gasteiger partial charge < -0.3 is 10.2 Å². The van der Waals surface area contributed by atoms with Crippen molar-refractivity contribution in [1.29, 1.82) is 0 Å². The SMILES string of the molecule is Cc1ccc(N=Nc2c(O)ccc3ccccc23)c(C)c1.Oc1ccc2ccccc2c1N=Nc1ccccc1. The Morgan fingerprint density at radius 1 is 0.475 bits per heavy atom. The first kappa shape index (κ1) is 26.3. The van der Waals surface area contributed by atoms with Crippen molar-refractivity contribution < 1.29 is 10.2 Å². The molecule has 0 bridgehead atoms. The number of nitrogens with zero attached hydrogens (tertiary/aromatic N) is 4. The molecule has 2 N–H and O–H groups in total. The summed E-state index contributed by atoms with van der Waals surface area (Å²) in [6.45, 7) is 4.05. The average Bonchev–Trinajstić information content (AvgIpc) is 2.98. The summed E-state index contributed by atoms with van der Waals surface area (Å²) in [5, 5.41) is 40.7. The molecule has 0 aromatic heterocycles. The maximum Gasteiger partial charge on any atom is 0.143 e. The lowest BCUT2D eigenvalue weighted by Crippen LogP contribution is -1.77. The van der Waals surface area contributed by atoms with Crippen LogP contribution in [-0.2, 0) is 0 Å². The number of hydrogen-bond donors (Lipinski definition) is 2. The minimum atomic E-state index is 0.137. The number of phenolic OH excluding ortho intramolecular Hbond substituents is 2. The highest BCUT2D eigenvalue weighted by Gasteiger charge is 2.07. The van der Waals surface area contributed by atoms with E-state index in [-0.39, 0.29) is 11.5 Å². The Morgan fingerprint density at radius 3 is 1.57 bits per heavy atom. The topological polar surface area (TPSA) is 89.9 Å². The zero-order chi connectivity index (χ0) is 27.9. The molecular weight excluding hydrogens is 496 g/mol. The molecule has 6 heteroatoms. The zero-order valence-corrected chi connectivity index (χ0v) is 22.2. The molecule has 0 heterocycles. The molecule has 0 spiro atoms. The Balaban J connectivity index is 0.000000162. The van der Waals surface area contributed by atoms with Crippen LogP contribution in [0.15, 0.2) is 142 Å². The Morgan fingerprint density at radius 2 is 1.00 bits per heavy atom. The molecule has 0 aliphatic heterocycles. The van der Waals surface area contributed by atoms with Crippen molar-refractivity contribution in [2.45, 2.75) is 13.8 Å². The number of fused-ring (bicyclic) bond motifs is 2. The lowest BCUT2D eigenvalue weighted by Gasteiger charge is -2.04. The molecule has 196 valence electrons. The van der Waals surface area contributed by atoms with E-state index in [1.54, 1.807) is 12.1 Å². The lowest BCUT2D eigenvalue weighted by molar-refractivity contribution is 0.476. The fourth-order valence-corrected chi connectivity index (χ4v) is 4.32. The van der Waals surface area contributed by atoms with Gasteiger partial charge in [0.2, 0.25) is 0 Å². The van der Waals surface area contributed by atoms with E-state index in [9.17, 15) is 10.2 Å². The molecule has 6 rings (SSSR count). The number of aryl methyl sites for hydroxylation is 2. The van der Waals surface area contributed by atoms with Gasteiger partial charge in [0.25, 0.3) is 0 Å². The minimum absolute atomic E-state index is 0.137. The number of aromatic hydroxyl groups is 2. The summed E-state index contributed by atoms with van der Waals surface area (Å²) in [6, 6.07) is 38.1. The lowest BCUT2D eigenvalue weighted by atomic mass is 10.1. The van der Waals surface area contributed by atoms with Crippen LogP contribution in [0.4, 0.5) is 22.7 Å². The van der Waals surface area contributed by atoms with Crippen LogP contribution < -0.4 is 0 Å². The third kappa shape index (κ3) is 6.03. The van der Waals surface area contributed by atoms with Crippen molar-refractivity contribution >= 4 is 44.3 Å². The van der Waals surface area contributed by atoms with E-state index < -0.39 is 0 Å². The van der Waals surface area contributed by atoms with Gasteiger partial charge in [0.15, 0.2) is 0 Å². The van der Waals surface area contributed by atoms with Gasteiger partial charge >= 0.3 is 0 Å². The molecule has 0 fully saturated rings. The summed E-state index contributed by atoms with van der Waals surface area (Å²) >= 11 is 0. The second-order valence-corrected chi connectivity index (χ2v) is 9.33. The highest BCUT2D eigenvalue weighted by Crippen LogP contribution is 2.37. The number of azo groups is 2. The molecule has 6 aromatic rings. The Kier molecular flexibility index (Phi) is 7.88. The summed E-state index contributed by atoms with van der Waals surface area (Å²) in [5.41, 5.74) is 4.84. The largest absolute Gasteiger partial charge is 0.506 e. The van der Waals surface area contributed by atoms with Crippen LogP contribution in [0.2, 0.25) is 0 Å². The third-order valence-electron chi connectivity index (χ3n) is 6.39. The van der Waals surface area contributed by atoms with Gasteiger partial charge in [-0.1, -0.05) is 96.6 Å². The van der Waals surface area contributed by atoms with Gasteiger partial charge in [-0.3, -0.25) is 0 Å². The zero-order valence-electron chi connectivity index (χ0n) is 22.2. The molecule has 0 saturated heterocycles. The van der Waals surface area contributed by atoms with Crippen LogP contribution in [0.3, 0.4) is 0 Å². The van der Waals surface area contributed by atoms with E-state index in [0.717, 1.165) is 38.5 Å². The summed E-state index contributed by atoms with van der Waals surface area (Å²) in [5.74, 6) is 0.278. The van der Waals surface area contributed by atoms with E-state index in [4.69, 9.17) is 0 Å². The first-order chi connectivity index (χ1) is 19.5. The first-order valence-corrected chi connectivity index (χ1v) is 12.9. The number of rotatable bonds is 4. The van der Waals surface area contributed by atoms with Crippen LogP contribution >= 0.6 is 0 Å². The van der Waals surface area contributed by atoms with Crippen LogP contribution in [0.25, 0.3) is 21.5 Å². The average molecular weight is 525 g/mol. The van der Waals surface area contributed by atoms with Crippen molar-refractivity contribution in [2.75, 3.05) is 0 Å². The number of benzene rings is 6. The van der Waals surface area contributed by atoms with Crippen molar-refractivity contribution in [3.05, 3.63) is 132 Å². The second-order valence-electron chi connectivity index (χ2n) is 9.33. The first-order valence-electron chi connectivity index (χ1n) is 12.9. The van der Waals surface area contributed by atoms with Gasteiger partial charge in [-0.15, -0.1) is 10.2 Å². The third-order valence-corrected chi connectivity index (χ3v) is 6.39. The summed E-state index contributed by atoms with van der Waals surface area (Å²) in [6.07, 6.45) is 0. The van der Waals surface area contributed by atoms with Crippen molar-refractivity contribution in [3.63, 3.8) is 0 Å². The van der Waals surface area contributed by atoms with Crippen LogP contribution in [0.5, 0.6) is 11.5 Å². The highest BCUT2D eigenvalue weighted by atomic mass is 16.3. The Bertz CT molecular complexity index is 1850. The molecule has 6 aromatic carbocycles. The smallest absolute Gasteiger partial charge is 0.143 e. The van der Waals surface area contributed by atoms with E-state index in [0.29, 0.717) is 11.4 Å². The summed E-state index contributed by atoms with van der Waals surface area (Å²) in [4.78, 5) is 0. The quantitative estimate of drug-likeness (QED) is 0.225. The summed E-state index contributed by atoms with van der Waals surface area (Å²) in [7, 11) is 0.